The quantitative estimate of drug-likeness (QED) is 0.122. The largest absolute Gasteiger partial charge is 0.507 e. The fourth-order valence-electron chi connectivity index (χ4n) is 5.36. The molecule has 1 aliphatic heterocycles. The number of likely N-dealkylation sites (tertiary alicyclic amines) is 1. The van der Waals surface area contributed by atoms with Crippen molar-refractivity contribution in [2.75, 3.05) is 24.2 Å². The number of phenols is 1. The molecule has 0 aliphatic carbocycles. The second-order valence-electron chi connectivity index (χ2n) is 11.5. The number of rotatable bonds is 17. The van der Waals surface area contributed by atoms with E-state index < -0.39 is 10.3 Å². The van der Waals surface area contributed by atoms with Crippen LogP contribution < -0.4 is 5.32 Å². The van der Waals surface area contributed by atoms with Crippen LogP contribution in [0.1, 0.15) is 115 Å². The Morgan fingerprint density at radius 3 is 2.24 bits per heavy atom. The van der Waals surface area contributed by atoms with Crippen LogP contribution >= 0.6 is 11.8 Å². The minimum Gasteiger partial charge on any atom is -0.507 e. The fraction of sp³-hybridized carbons (Fsp3) is 0.742. The zero-order valence-corrected chi connectivity index (χ0v) is 25.2. The van der Waals surface area contributed by atoms with Crippen molar-refractivity contribution in [2.24, 2.45) is 0 Å². The lowest BCUT2D eigenvalue weighted by Gasteiger charge is -2.39. The molecule has 1 atom stereocenters. The number of anilines is 1. The van der Waals surface area contributed by atoms with Crippen molar-refractivity contribution < 1.29 is 14.7 Å². The van der Waals surface area contributed by atoms with Gasteiger partial charge in [-0.25, -0.2) is 0 Å². The fourth-order valence-corrected chi connectivity index (χ4v) is 6.45. The SMILES string of the molecule is CCCCCCCCCCCCSC(C)(C)C(=O)N1CCCC1(C=O)CNc1cc(C)c(O)c(C)c1C. The molecule has 1 aromatic carbocycles. The van der Waals surface area contributed by atoms with Gasteiger partial charge < -0.3 is 20.1 Å². The first-order valence-corrected chi connectivity index (χ1v) is 15.5. The number of hydrogen-bond donors (Lipinski definition) is 2. The average Bonchev–Trinajstić information content (AvgIpc) is 3.30. The summed E-state index contributed by atoms with van der Waals surface area (Å²) < 4.78 is -0.556. The molecule has 2 rings (SSSR count). The summed E-state index contributed by atoms with van der Waals surface area (Å²) in [5, 5.41) is 13.7. The number of carbonyl (C=O) groups is 2. The summed E-state index contributed by atoms with van der Waals surface area (Å²) in [6, 6.07) is 1.92. The van der Waals surface area contributed by atoms with E-state index in [-0.39, 0.29) is 5.91 Å². The average molecular weight is 533 g/mol. The number of phenolic OH excluding ortho intramolecular Hbond substituents is 1. The van der Waals surface area contributed by atoms with Crippen LogP contribution in [0.25, 0.3) is 0 Å². The summed E-state index contributed by atoms with van der Waals surface area (Å²) in [6.45, 7) is 13.0. The molecule has 1 aliphatic rings. The van der Waals surface area contributed by atoms with Crippen LogP contribution in [-0.4, -0.2) is 51.3 Å². The van der Waals surface area contributed by atoms with E-state index >= 15 is 0 Å². The van der Waals surface area contributed by atoms with Gasteiger partial charge in [-0.3, -0.25) is 4.79 Å². The number of nitrogens with one attached hydrogen (secondary N) is 1. The van der Waals surface area contributed by atoms with E-state index in [1.807, 2.05) is 45.6 Å². The van der Waals surface area contributed by atoms with Crippen LogP contribution in [0.15, 0.2) is 6.07 Å². The number of aldehydes is 1. The molecular weight excluding hydrogens is 480 g/mol. The summed E-state index contributed by atoms with van der Waals surface area (Å²) in [7, 11) is 0. The molecule has 0 spiro atoms. The molecule has 5 nitrogen and oxygen atoms in total. The minimum absolute atomic E-state index is 0.0609. The predicted molar refractivity (Wildman–Crippen MR) is 159 cm³/mol. The maximum atomic E-state index is 13.7. The maximum absolute atomic E-state index is 13.7. The molecule has 1 aromatic rings. The molecule has 2 N–H and O–H groups in total. The van der Waals surface area contributed by atoms with Crippen LogP contribution in [0.2, 0.25) is 0 Å². The molecule has 37 heavy (non-hydrogen) atoms. The van der Waals surface area contributed by atoms with E-state index in [0.717, 1.165) is 47.3 Å². The van der Waals surface area contributed by atoms with Crippen LogP contribution in [0, 0.1) is 20.8 Å². The second-order valence-corrected chi connectivity index (χ2v) is 13.2. The molecule has 0 aromatic heterocycles. The van der Waals surface area contributed by atoms with Gasteiger partial charge in [-0.05, 0) is 82.4 Å². The van der Waals surface area contributed by atoms with Gasteiger partial charge in [0.25, 0.3) is 0 Å². The summed E-state index contributed by atoms with van der Waals surface area (Å²) >= 11 is 1.73. The first-order valence-electron chi connectivity index (χ1n) is 14.6. The van der Waals surface area contributed by atoms with Gasteiger partial charge in [-0.15, -0.1) is 11.8 Å². The van der Waals surface area contributed by atoms with Crippen molar-refractivity contribution in [3.8, 4) is 5.75 Å². The Labute approximate surface area is 230 Å². The number of carbonyl (C=O) groups excluding carboxylic acids is 2. The molecule has 0 radical (unpaired) electrons. The number of nitrogens with zero attached hydrogens (tertiary/aromatic N) is 1. The van der Waals surface area contributed by atoms with Gasteiger partial charge in [0.1, 0.15) is 17.6 Å². The molecule has 1 unspecified atom stereocenters. The minimum atomic E-state index is -0.835. The highest BCUT2D eigenvalue weighted by molar-refractivity contribution is 8.01. The predicted octanol–water partition coefficient (Wildman–Crippen LogP) is 7.72. The first-order chi connectivity index (χ1) is 17.6. The number of aryl methyl sites for hydroxylation is 1. The van der Waals surface area contributed by atoms with E-state index in [4.69, 9.17) is 0 Å². The highest BCUT2D eigenvalue weighted by atomic mass is 32.2. The third-order valence-electron chi connectivity index (χ3n) is 8.11. The number of amides is 1. The Balaban J connectivity index is 1.86. The molecule has 1 amide bonds. The molecule has 210 valence electrons. The highest BCUT2D eigenvalue weighted by Crippen LogP contribution is 2.36. The van der Waals surface area contributed by atoms with E-state index in [1.165, 1.54) is 57.8 Å². The topological polar surface area (TPSA) is 69.6 Å². The van der Waals surface area contributed by atoms with Crippen molar-refractivity contribution in [2.45, 2.75) is 129 Å². The molecular formula is C31H52N2O3S. The van der Waals surface area contributed by atoms with Crippen molar-refractivity contribution in [1.29, 1.82) is 0 Å². The van der Waals surface area contributed by atoms with Gasteiger partial charge >= 0.3 is 0 Å². The zero-order valence-electron chi connectivity index (χ0n) is 24.4. The van der Waals surface area contributed by atoms with Gasteiger partial charge in [0, 0.05) is 18.8 Å². The molecule has 0 saturated carbocycles. The van der Waals surface area contributed by atoms with Crippen molar-refractivity contribution in [3.63, 3.8) is 0 Å². The molecule has 0 bridgehead atoms. The highest BCUT2D eigenvalue weighted by Gasteiger charge is 2.47. The number of thioether (sulfide) groups is 1. The lowest BCUT2D eigenvalue weighted by atomic mass is 9.95. The first kappa shape index (κ1) is 31.5. The van der Waals surface area contributed by atoms with Crippen molar-refractivity contribution >= 4 is 29.6 Å². The van der Waals surface area contributed by atoms with Crippen molar-refractivity contribution in [3.05, 3.63) is 22.8 Å². The Bertz CT molecular complexity index is 886. The van der Waals surface area contributed by atoms with Crippen LogP contribution in [0.5, 0.6) is 5.75 Å². The molecule has 1 heterocycles. The molecule has 1 fully saturated rings. The van der Waals surface area contributed by atoms with Gasteiger partial charge in [-0.2, -0.15) is 0 Å². The second kappa shape index (κ2) is 15.0. The van der Waals surface area contributed by atoms with Crippen LogP contribution in [0.3, 0.4) is 0 Å². The lowest BCUT2D eigenvalue weighted by Crippen LogP contribution is -2.57. The third-order valence-corrected chi connectivity index (χ3v) is 9.50. The number of unbranched alkanes of at least 4 members (excludes halogenated alkanes) is 9. The normalized spacial score (nSPS) is 17.8. The smallest absolute Gasteiger partial charge is 0.239 e. The Kier molecular flexibility index (Phi) is 12.8. The Morgan fingerprint density at radius 1 is 1.05 bits per heavy atom. The summed E-state index contributed by atoms with van der Waals surface area (Å²) in [5.41, 5.74) is 2.68. The lowest BCUT2D eigenvalue weighted by molar-refractivity contribution is -0.140. The van der Waals surface area contributed by atoms with E-state index in [2.05, 4.69) is 12.2 Å². The van der Waals surface area contributed by atoms with Gasteiger partial charge in [0.2, 0.25) is 5.91 Å². The third kappa shape index (κ3) is 8.66. The van der Waals surface area contributed by atoms with Crippen LogP contribution in [-0.2, 0) is 9.59 Å². The summed E-state index contributed by atoms with van der Waals surface area (Å²) in [6.07, 6.45) is 15.6. The van der Waals surface area contributed by atoms with E-state index in [9.17, 15) is 14.7 Å². The maximum Gasteiger partial charge on any atom is 0.239 e. The molecule has 6 heteroatoms. The number of hydrogen-bond acceptors (Lipinski definition) is 5. The summed E-state index contributed by atoms with van der Waals surface area (Å²) in [5.74, 6) is 1.35. The Hall–Kier alpha value is -1.69. The zero-order chi connectivity index (χ0) is 27.5. The monoisotopic (exact) mass is 532 g/mol. The van der Waals surface area contributed by atoms with Crippen molar-refractivity contribution in [1.82, 2.24) is 4.90 Å². The van der Waals surface area contributed by atoms with E-state index in [0.29, 0.717) is 25.3 Å². The number of benzene rings is 1. The number of aromatic hydroxyl groups is 1. The summed E-state index contributed by atoms with van der Waals surface area (Å²) in [4.78, 5) is 27.9. The van der Waals surface area contributed by atoms with Gasteiger partial charge in [-0.1, -0.05) is 64.7 Å². The standard InChI is InChI=1S/C31H52N2O3S/c1-7-8-9-10-11-12-13-14-15-16-20-37-30(5,6)29(36)33-19-17-18-31(33,23-34)22-32-27-21-24(2)28(35)26(4)25(27)3/h21,23,32,35H,7-20,22H2,1-6H3. The van der Waals surface area contributed by atoms with Crippen LogP contribution in [0.4, 0.5) is 5.69 Å². The van der Waals surface area contributed by atoms with E-state index in [1.54, 1.807) is 11.8 Å². The van der Waals surface area contributed by atoms with Gasteiger partial charge in [0.15, 0.2) is 0 Å². The Morgan fingerprint density at radius 2 is 1.65 bits per heavy atom. The van der Waals surface area contributed by atoms with Gasteiger partial charge in [0.05, 0.1) is 4.75 Å². The molecule has 1 saturated heterocycles.